The number of piperidine rings is 1. The number of aromatic nitrogens is 2. The summed E-state index contributed by atoms with van der Waals surface area (Å²) in [4.78, 5) is 19.2. The van der Waals surface area contributed by atoms with Crippen LogP contribution in [0.15, 0.2) is 53.1 Å². The molecule has 0 radical (unpaired) electrons. The Hall–Kier alpha value is -3.06. The Morgan fingerprint density at radius 3 is 2.72 bits per heavy atom. The van der Waals surface area contributed by atoms with Crippen LogP contribution in [-0.2, 0) is 11.3 Å². The van der Waals surface area contributed by atoms with Crippen LogP contribution in [0.4, 0.5) is 10.1 Å². The van der Waals surface area contributed by atoms with E-state index in [1.165, 1.54) is 12.1 Å². The summed E-state index contributed by atoms with van der Waals surface area (Å²) in [6, 6.07) is 13.8. The van der Waals surface area contributed by atoms with E-state index in [0.29, 0.717) is 30.4 Å². The van der Waals surface area contributed by atoms with E-state index in [2.05, 4.69) is 20.4 Å². The van der Waals surface area contributed by atoms with Crippen LogP contribution in [0.1, 0.15) is 24.3 Å². The third kappa shape index (κ3) is 4.86. The molecule has 29 heavy (non-hydrogen) atoms. The van der Waals surface area contributed by atoms with Crippen molar-refractivity contribution in [3.63, 3.8) is 0 Å². The highest BCUT2D eigenvalue weighted by molar-refractivity contribution is 5.92. The van der Waals surface area contributed by atoms with Crippen molar-refractivity contribution in [2.75, 3.05) is 18.4 Å². The molecular weight excluding hydrogens is 371 g/mol. The normalized spacial score (nSPS) is 17.2. The number of amides is 1. The molecule has 1 saturated heterocycles. The lowest BCUT2D eigenvalue weighted by molar-refractivity contribution is -0.121. The molecule has 3 aromatic rings. The summed E-state index contributed by atoms with van der Waals surface area (Å²) >= 11 is 0. The Bertz CT molecular complexity index is 969. The highest BCUT2D eigenvalue weighted by atomic mass is 19.1. The molecule has 1 aliphatic heterocycles. The van der Waals surface area contributed by atoms with Gasteiger partial charge in [-0.15, -0.1) is 0 Å². The summed E-state index contributed by atoms with van der Waals surface area (Å²) in [5.41, 5.74) is 2.68. The van der Waals surface area contributed by atoms with E-state index in [4.69, 9.17) is 4.52 Å². The fraction of sp³-hybridized carbons (Fsp3) is 0.318. The van der Waals surface area contributed by atoms with Gasteiger partial charge in [-0.1, -0.05) is 22.9 Å². The van der Waals surface area contributed by atoms with Crippen molar-refractivity contribution in [2.24, 2.45) is 5.92 Å². The van der Waals surface area contributed by atoms with E-state index < -0.39 is 0 Å². The number of rotatable bonds is 5. The van der Waals surface area contributed by atoms with Crippen molar-refractivity contribution in [3.05, 3.63) is 65.8 Å². The fourth-order valence-corrected chi connectivity index (χ4v) is 3.52. The van der Waals surface area contributed by atoms with Gasteiger partial charge in [0.05, 0.1) is 12.5 Å². The zero-order chi connectivity index (χ0) is 20.2. The van der Waals surface area contributed by atoms with Crippen molar-refractivity contribution >= 4 is 11.6 Å². The van der Waals surface area contributed by atoms with Gasteiger partial charge in [0.1, 0.15) is 5.82 Å². The summed E-state index contributed by atoms with van der Waals surface area (Å²) < 4.78 is 18.4. The number of halogens is 1. The van der Waals surface area contributed by atoms with Crippen molar-refractivity contribution in [1.82, 2.24) is 15.0 Å². The topological polar surface area (TPSA) is 71.3 Å². The van der Waals surface area contributed by atoms with Crippen LogP contribution in [0.3, 0.4) is 0 Å². The van der Waals surface area contributed by atoms with Gasteiger partial charge in [-0.25, -0.2) is 4.39 Å². The van der Waals surface area contributed by atoms with Gasteiger partial charge in [0.2, 0.25) is 17.6 Å². The van der Waals surface area contributed by atoms with E-state index >= 15 is 0 Å². The first kappa shape index (κ1) is 19.3. The SMILES string of the molecule is Cc1ccc(NC(=O)C2CCCN(Cc3nc(-c4ccc(F)cc4)no3)C2)cc1. The first-order valence-corrected chi connectivity index (χ1v) is 9.75. The smallest absolute Gasteiger partial charge is 0.241 e. The molecule has 2 aromatic carbocycles. The maximum Gasteiger partial charge on any atom is 0.241 e. The lowest BCUT2D eigenvalue weighted by atomic mass is 9.97. The highest BCUT2D eigenvalue weighted by Crippen LogP contribution is 2.22. The van der Waals surface area contributed by atoms with Crippen LogP contribution < -0.4 is 5.32 Å². The minimum Gasteiger partial charge on any atom is -0.338 e. The van der Waals surface area contributed by atoms with E-state index in [1.807, 2.05) is 31.2 Å². The van der Waals surface area contributed by atoms with Crippen molar-refractivity contribution in [1.29, 1.82) is 0 Å². The second-order valence-electron chi connectivity index (χ2n) is 7.45. The van der Waals surface area contributed by atoms with Crippen LogP contribution in [0.5, 0.6) is 0 Å². The van der Waals surface area contributed by atoms with Crippen LogP contribution in [0, 0.1) is 18.7 Å². The number of hydrogen-bond donors (Lipinski definition) is 1. The van der Waals surface area contributed by atoms with Gasteiger partial charge in [-0.2, -0.15) is 4.98 Å². The number of nitrogens with zero attached hydrogens (tertiary/aromatic N) is 3. The van der Waals surface area contributed by atoms with Crippen LogP contribution in [0.2, 0.25) is 0 Å². The van der Waals surface area contributed by atoms with Crippen LogP contribution in [0.25, 0.3) is 11.4 Å². The van der Waals surface area contributed by atoms with Gasteiger partial charge in [0.15, 0.2) is 0 Å². The maximum absolute atomic E-state index is 13.1. The fourth-order valence-electron chi connectivity index (χ4n) is 3.52. The number of likely N-dealkylation sites (tertiary alicyclic amines) is 1. The third-order valence-electron chi connectivity index (χ3n) is 5.12. The quantitative estimate of drug-likeness (QED) is 0.707. The first-order valence-electron chi connectivity index (χ1n) is 9.75. The second kappa shape index (κ2) is 8.53. The number of anilines is 1. The molecule has 1 aliphatic rings. The number of nitrogens with one attached hydrogen (secondary N) is 1. The molecule has 1 atom stereocenters. The van der Waals surface area contributed by atoms with Gasteiger partial charge < -0.3 is 9.84 Å². The van der Waals surface area contributed by atoms with Crippen molar-refractivity contribution in [3.8, 4) is 11.4 Å². The molecule has 150 valence electrons. The molecule has 6 nitrogen and oxygen atoms in total. The molecule has 4 rings (SSSR count). The van der Waals surface area contributed by atoms with Crippen LogP contribution >= 0.6 is 0 Å². The van der Waals surface area contributed by atoms with E-state index in [9.17, 15) is 9.18 Å². The van der Waals surface area contributed by atoms with E-state index in [1.54, 1.807) is 12.1 Å². The second-order valence-corrected chi connectivity index (χ2v) is 7.45. The molecule has 1 amide bonds. The van der Waals surface area contributed by atoms with Gasteiger partial charge in [0, 0.05) is 17.8 Å². The van der Waals surface area contributed by atoms with E-state index in [0.717, 1.165) is 30.6 Å². The molecule has 0 saturated carbocycles. The molecule has 2 heterocycles. The summed E-state index contributed by atoms with van der Waals surface area (Å²) in [6.45, 7) is 4.03. The number of carbonyl (C=O) groups is 1. The van der Waals surface area contributed by atoms with Gasteiger partial charge in [0.25, 0.3) is 0 Å². The summed E-state index contributed by atoms with van der Waals surface area (Å²) in [6.07, 6.45) is 1.80. The van der Waals surface area contributed by atoms with Crippen LogP contribution in [-0.4, -0.2) is 34.0 Å². The Balaban J connectivity index is 1.35. The molecule has 1 aromatic heterocycles. The summed E-state index contributed by atoms with van der Waals surface area (Å²) in [5.74, 6) is 0.580. The molecular formula is C22H23FN4O2. The standard InChI is InChI=1S/C22H23FN4O2/c1-15-4-10-19(11-5-15)24-22(28)17-3-2-12-27(13-17)14-20-25-21(26-29-20)16-6-8-18(23)9-7-16/h4-11,17H,2-3,12-14H2,1H3,(H,24,28). The molecule has 0 spiro atoms. The zero-order valence-corrected chi connectivity index (χ0v) is 16.3. The number of aryl methyl sites for hydroxylation is 1. The lowest BCUT2D eigenvalue weighted by Crippen LogP contribution is -2.40. The maximum atomic E-state index is 13.1. The number of benzene rings is 2. The average molecular weight is 394 g/mol. The zero-order valence-electron chi connectivity index (χ0n) is 16.3. The van der Waals surface area contributed by atoms with Gasteiger partial charge >= 0.3 is 0 Å². The summed E-state index contributed by atoms with van der Waals surface area (Å²) in [7, 11) is 0. The van der Waals surface area contributed by atoms with Gasteiger partial charge in [-0.05, 0) is 62.7 Å². The van der Waals surface area contributed by atoms with Crippen molar-refractivity contribution in [2.45, 2.75) is 26.3 Å². The molecule has 1 N–H and O–H groups in total. The molecule has 0 bridgehead atoms. The Morgan fingerprint density at radius 1 is 1.21 bits per heavy atom. The molecule has 1 unspecified atom stereocenters. The largest absolute Gasteiger partial charge is 0.338 e. The highest BCUT2D eigenvalue weighted by Gasteiger charge is 2.27. The summed E-state index contributed by atoms with van der Waals surface area (Å²) in [5, 5.41) is 6.99. The predicted molar refractivity (Wildman–Crippen MR) is 108 cm³/mol. The molecule has 1 fully saturated rings. The first-order chi connectivity index (χ1) is 14.1. The average Bonchev–Trinajstić information content (AvgIpc) is 3.19. The Kier molecular flexibility index (Phi) is 5.67. The number of hydrogen-bond acceptors (Lipinski definition) is 5. The third-order valence-corrected chi connectivity index (χ3v) is 5.12. The van der Waals surface area contributed by atoms with Crippen molar-refractivity contribution < 1.29 is 13.7 Å². The Labute approximate surface area is 168 Å². The minimum absolute atomic E-state index is 0.0380. The van der Waals surface area contributed by atoms with Gasteiger partial charge in [-0.3, -0.25) is 9.69 Å². The monoisotopic (exact) mass is 394 g/mol. The van der Waals surface area contributed by atoms with E-state index in [-0.39, 0.29) is 17.6 Å². The minimum atomic E-state index is -0.305. The number of carbonyl (C=O) groups excluding carboxylic acids is 1. The predicted octanol–water partition coefficient (Wildman–Crippen LogP) is 4.03. The Morgan fingerprint density at radius 2 is 1.97 bits per heavy atom. The molecule has 7 heteroatoms. The molecule has 0 aliphatic carbocycles. The lowest BCUT2D eigenvalue weighted by Gasteiger charge is -2.30.